The van der Waals surface area contributed by atoms with Gasteiger partial charge in [-0.2, -0.15) is 0 Å². The topological polar surface area (TPSA) is 45.6 Å². The zero-order valence-electron chi connectivity index (χ0n) is 16.4. The van der Waals surface area contributed by atoms with Crippen molar-refractivity contribution in [1.29, 1.82) is 0 Å². The van der Waals surface area contributed by atoms with Gasteiger partial charge in [0, 0.05) is 54.2 Å². The number of carbonyl (C=O) groups excluding carboxylic acids is 2. The Labute approximate surface area is 170 Å². The summed E-state index contributed by atoms with van der Waals surface area (Å²) < 4.78 is 2.08. The first-order valence-corrected chi connectivity index (χ1v) is 10.4. The molecule has 1 aliphatic heterocycles. The molecule has 2 aliphatic rings. The summed E-state index contributed by atoms with van der Waals surface area (Å²) in [5.41, 5.74) is 3.67. The van der Waals surface area contributed by atoms with Crippen LogP contribution in [0.15, 0.2) is 30.3 Å². The fraction of sp³-hybridized carbons (Fsp3) is 0.455. The molecule has 1 aliphatic carbocycles. The second kappa shape index (κ2) is 7.63. The van der Waals surface area contributed by atoms with Gasteiger partial charge < -0.3 is 14.4 Å². The number of nitrogens with zero attached hydrogens (tertiary/aromatic N) is 3. The highest BCUT2D eigenvalue weighted by Crippen LogP contribution is 2.29. The highest BCUT2D eigenvalue weighted by Gasteiger charge is 2.32. The van der Waals surface area contributed by atoms with E-state index in [9.17, 15) is 9.59 Å². The number of hydrogen-bond acceptors (Lipinski definition) is 2. The zero-order valence-corrected chi connectivity index (χ0v) is 17.2. The largest absolute Gasteiger partial charge is 0.339 e. The van der Waals surface area contributed by atoms with Crippen molar-refractivity contribution < 1.29 is 9.59 Å². The van der Waals surface area contributed by atoms with E-state index in [2.05, 4.69) is 4.57 Å². The molecule has 5 nitrogen and oxygen atoms in total. The van der Waals surface area contributed by atoms with E-state index in [1.807, 2.05) is 54.0 Å². The van der Waals surface area contributed by atoms with Gasteiger partial charge in [-0.1, -0.05) is 18.0 Å². The molecule has 4 rings (SSSR count). The van der Waals surface area contributed by atoms with Crippen molar-refractivity contribution in [3.05, 3.63) is 52.3 Å². The first-order valence-electron chi connectivity index (χ1n) is 9.98. The molecule has 0 spiro atoms. The average Bonchev–Trinajstić information content (AvgIpc) is 2.95. The predicted molar refractivity (Wildman–Crippen MR) is 110 cm³/mol. The van der Waals surface area contributed by atoms with Crippen LogP contribution >= 0.6 is 11.6 Å². The molecule has 28 heavy (non-hydrogen) atoms. The van der Waals surface area contributed by atoms with Crippen molar-refractivity contribution in [2.75, 3.05) is 26.2 Å². The Morgan fingerprint density at radius 3 is 2.14 bits per heavy atom. The molecule has 0 atom stereocenters. The van der Waals surface area contributed by atoms with Gasteiger partial charge >= 0.3 is 0 Å². The average molecular weight is 400 g/mol. The maximum absolute atomic E-state index is 13.1. The summed E-state index contributed by atoms with van der Waals surface area (Å²) in [6.45, 7) is 6.45. The Kier molecular flexibility index (Phi) is 5.19. The molecule has 148 valence electrons. The van der Waals surface area contributed by atoms with Crippen LogP contribution in [0.25, 0.3) is 5.69 Å². The van der Waals surface area contributed by atoms with Crippen LogP contribution in [-0.4, -0.2) is 52.4 Å². The molecule has 0 bridgehead atoms. The molecule has 0 N–H and O–H groups in total. The number of amides is 2. The van der Waals surface area contributed by atoms with Crippen LogP contribution in [0.3, 0.4) is 0 Å². The molecular formula is C22H26ClN3O2. The first kappa shape index (κ1) is 19.1. The Hall–Kier alpha value is -2.27. The molecule has 2 fully saturated rings. The van der Waals surface area contributed by atoms with Gasteiger partial charge in [-0.05, 0) is 57.0 Å². The third kappa shape index (κ3) is 3.44. The van der Waals surface area contributed by atoms with Gasteiger partial charge in [0.1, 0.15) is 0 Å². The van der Waals surface area contributed by atoms with Crippen molar-refractivity contribution in [3.8, 4) is 5.69 Å². The van der Waals surface area contributed by atoms with Gasteiger partial charge in [0.15, 0.2) is 0 Å². The maximum atomic E-state index is 13.1. The van der Waals surface area contributed by atoms with E-state index in [4.69, 9.17) is 11.6 Å². The Morgan fingerprint density at radius 1 is 0.964 bits per heavy atom. The van der Waals surface area contributed by atoms with Crippen molar-refractivity contribution in [3.63, 3.8) is 0 Å². The highest BCUT2D eigenvalue weighted by molar-refractivity contribution is 6.30. The van der Waals surface area contributed by atoms with Crippen LogP contribution in [0.5, 0.6) is 0 Å². The number of halogens is 1. The van der Waals surface area contributed by atoms with Gasteiger partial charge in [-0.3, -0.25) is 9.59 Å². The summed E-state index contributed by atoms with van der Waals surface area (Å²) in [6.07, 6.45) is 3.21. The van der Waals surface area contributed by atoms with E-state index in [1.54, 1.807) is 0 Å². The van der Waals surface area contributed by atoms with Crippen LogP contribution in [-0.2, 0) is 4.79 Å². The molecule has 1 aromatic heterocycles. The molecular weight excluding hydrogens is 374 g/mol. The molecule has 1 aromatic carbocycles. The van der Waals surface area contributed by atoms with Crippen LogP contribution in [0.1, 0.15) is 41.0 Å². The van der Waals surface area contributed by atoms with E-state index in [0.717, 1.165) is 41.9 Å². The Morgan fingerprint density at radius 2 is 1.57 bits per heavy atom. The number of aromatic nitrogens is 1. The number of carbonyl (C=O) groups is 2. The van der Waals surface area contributed by atoms with Crippen molar-refractivity contribution >= 4 is 23.4 Å². The molecule has 0 radical (unpaired) electrons. The Balaban J connectivity index is 1.47. The lowest BCUT2D eigenvalue weighted by Gasteiger charge is -2.38. The van der Waals surface area contributed by atoms with Gasteiger partial charge in [0.05, 0.1) is 5.56 Å². The van der Waals surface area contributed by atoms with Crippen molar-refractivity contribution in [2.45, 2.75) is 33.1 Å². The number of benzene rings is 1. The van der Waals surface area contributed by atoms with E-state index in [-0.39, 0.29) is 17.7 Å². The van der Waals surface area contributed by atoms with Crippen LogP contribution in [0.4, 0.5) is 0 Å². The maximum Gasteiger partial charge on any atom is 0.255 e. The second-order valence-corrected chi connectivity index (χ2v) is 8.28. The first-order chi connectivity index (χ1) is 13.5. The summed E-state index contributed by atoms with van der Waals surface area (Å²) in [5, 5.41) is 0.692. The summed E-state index contributed by atoms with van der Waals surface area (Å²) in [6, 6.07) is 9.59. The SMILES string of the molecule is Cc1cc(C(=O)N2CCN(C(=O)C3CCC3)CC2)c(C)n1-c1ccc(Cl)cc1. The zero-order chi connectivity index (χ0) is 19.8. The molecule has 1 saturated carbocycles. The van der Waals surface area contributed by atoms with Gasteiger partial charge in [-0.25, -0.2) is 0 Å². The van der Waals surface area contributed by atoms with Crippen molar-refractivity contribution in [2.24, 2.45) is 5.92 Å². The second-order valence-electron chi connectivity index (χ2n) is 7.84. The Bertz CT molecular complexity index is 891. The van der Waals surface area contributed by atoms with Gasteiger partial charge in [0.2, 0.25) is 5.91 Å². The van der Waals surface area contributed by atoms with E-state index < -0.39 is 0 Å². The molecule has 0 unspecified atom stereocenters. The predicted octanol–water partition coefficient (Wildman–Crippen LogP) is 3.83. The standard InChI is InChI=1S/C22H26ClN3O2/c1-15-14-20(16(2)26(15)19-8-6-18(23)7-9-19)22(28)25-12-10-24(11-13-25)21(27)17-4-3-5-17/h6-9,14,17H,3-5,10-13H2,1-2H3. The van der Waals surface area contributed by atoms with E-state index in [1.165, 1.54) is 0 Å². The summed E-state index contributed by atoms with van der Waals surface area (Å²) >= 11 is 6.00. The summed E-state index contributed by atoms with van der Waals surface area (Å²) in [7, 11) is 0. The third-order valence-corrected chi connectivity index (χ3v) is 6.33. The fourth-order valence-corrected chi connectivity index (χ4v) is 4.31. The minimum absolute atomic E-state index is 0.0454. The normalized spacial score (nSPS) is 17.5. The van der Waals surface area contributed by atoms with Crippen LogP contribution in [0, 0.1) is 19.8 Å². The lowest BCUT2D eigenvalue weighted by molar-refractivity contribution is -0.139. The van der Waals surface area contributed by atoms with E-state index in [0.29, 0.717) is 31.2 Å². The van der Waals surface area contributed by atoms with E-state index >= 15 is 0 Å². The van der Waals surface area contributed by atoms with Crippen LogP contribution in [0.2, 0.25) is 5.02 Å². The number of piperazine rings is 1. The minimum atomic E-state index is 0.0454. The lowest BCUT2D eigenvalue weighted by Crippen LogP contribution is -2.52. The van der Waals surface area contributed by atoms with Crippen LogP contribution < -0.4 is 0 Å². The molecule has 1 saturated heterocycles. The molecule has 2 heterocycles. The summed E-state index contributed by atoms with van der Waals surface area (Å²) in [4.78, 5) is 29.4. The summed E-state index contributed by atoms with van der Waals surface area (Å²) in [5.74, 6) is 0.545. The van der Waals surface area contributed by atoms with Gasteiger partial charge in [0.25, 0.3) is 5.91 Å². The molecule has 2 amide bonds. The smallest absolute Gasteiger partial charge is 0.255 e. The van der Waals surface area contributed by atoms with Crippen molar-refractivity contribution in [1.82, 2.24) is 14.4 Å². The highest BCUT2D eigenvalue weighted by atomic mass is 35.5. The fourth-order valence-electron chi connectivity index (χ4n) is 4.18. The molecule has 2 aromatic rings. The number of rotatable bonds is 3. The monoisotopic (exact) mass is 399 g/mol. The minimum Gasteiger partial charge on any atom is -0.339 e. The lowest BCUT2D eigenvalue weighted by atomic mass is 9.84. The molecule has 6 heteroatoms. The quantitative estimate of drug-likeness (QED) is 0.787. The number of aryl methyl sites for hydroxylation is 1. The van der Waals surface area contributed by atoms with Gasteiger partial charge in [-0.15, -0.1) is 0 Å². The number of hydrogen-bond donors (Lipinski definition) is 0. The third-order valence-electron chi connectivity index (χ3n) is 6.08.